The highest BCUT2D eigenvalue weighted by Gasteiger charge is 2.11. The molecular weight excluding hydrogens is 270 g/mol. The fraction of sp³-hybridized carbons (Fsp3) is 0.267. The summed E-state index contributed by atoms with van der Waals surface area (Å²) in [5.41, 5.74) is 1.80. The van der Waals surface area contributed by atoms with Crippen LogP contribution < -0.4 is 10.1 Å². The lowest BCUT2D eigenvalue weighted by molar-refractivity contribution is -0.384. The highest BCUT2D eigenvalue weighted by molar-refractivity contribution is 5.44. The molecule has 1 aromatic carbocycles. The van der Waals surface area contributed by atoms with Crippen molar-refractivity contribution in [3.8, 4) is 11.6 Å². The van der Waals surface area contributed by atoms with E-state index in [-0.39, 0.29) is 11.7 Å². The number of hydrogen-bond acceptors (Lipinski definition) is 5. The Balaban J connectivity index is 2.24. The molecule has 1 unspecified atom stereocenters. The monoisotopic (exact) mass is 287 g/mol. The maximum Gasteiger partial charge on any atom is 0.269 e. The fourth-order valence-corrected chi connectivity index (χ4v) is 1.89. The number of benzene rings is 1. The third kappa shape index (κ3) is 3.55. The summed E-state index contributed by atoms with van der Waals surface area (Å²) in [7, 11) is 1.88. The van der Waals surface area contributed by atoms with Crippen LogP contribution in [0.3, 0.4) is 0 Å². The maximum absolute atomic E-state index is 10.7. The molecule has 0 bridgehead atoms. The zero-order valence-electron chi connectivity index (χ0n) is 12.2. The number of nitrogens with zero attached hydrogens (tertiary/aromatic N) is 2. The number of rotatable bonds is 5. The number of non-ortho nitro benzene ring substituents is 1. The minimum atomic E-state index is -0.426. The molecule has 1 N–H and O–H groups in total. The third-order valence-electron chi connectivity index (χ3n) is 3.28. The van der Waals surface area contributed by atoms with Crippen LogP contribution in [0.2, 0.25) is 0 Å². The van der Waals surface area contributed by atoms with Gasteiger partial charge in [-0.25, -0.2) is 4.98 Å². The van der Waals surface area contributed by atoms with Gasteiger partial charge in [0.15, 0.2) is 0 Å². The van der Waals surface area contributed by atoms with Gasteiger partial charge in [0.25, 0.3) is 5.69 Å². The van der Waals surface area contributed by atoms with Gasteiger partial charge >= 0.3 is 0 Å². The Morgan fingerprint density at radius 2 is 2.10 bits per heavy atom. The highest BCUT2D eigenvalue weighted by Crippen LogP contribution is 2.28. The number of nitro benzene ring substituents is 1. The van der Waals surface area contributed by atoms with Crippen LogP contribution in [0.25, 0.3) is 0 Å². The summed E-state index contributed by atoms with van der Waals surface area (Å²) in [6, 6.07) is 8.44. The molecule has 2 rings (SSSR count). The van der Waals surface area contributed by atoms with Crippen molar-refractivity contribution in [2.45, 2.75) is 19.9 Å². The van der Waals surface area contributed by atoms with Gasteiger partial charge in [-0.2, -0.15) is 0 Å². The lowest BCUT2D eigenvalue weighted by Crippen LogP contribution is -2.12. The van der Waals surface area contributed by atoms with E-state index in [0.717, 1.165) is 5.56 Å². The van der Waals surface area contributed by atoms with Crippen molar-refractivity contribution in [3.05, 3.63) is 57.8 Å². The van der Waals surface area contributed by atoms with Gasteiger partial charge in [-0.3, -0.25) is 10.1 Å². The Morgan fingerprint density at radius 3 is 2.71 bits per heavy atom. The second-order valence-corrected chi connectivity index (χ2v) is 4.75. The van der Waals surface area contributed by atoms with E-state index in [2.05, 4.69) is 10.3 Å². The van der Waals surface area contributed by atoms with Crippen molar-refractivity contribution in [2.24, 2.45) is 0 Å². The lowest BCUT2D eigenvalue weighted by Gasteiger charge is -2.12. The summed E-state index contributed by atoms with van der Waals surface area (Å²) in [5.74, 6) is 1.02. The predicted octanol–water partition coefficient (Wildman–Crippen LogP) is 3.37. The van der Waals surface area contributed by atoms with Gasteiger partial charge in [0.1, 0.15) is 5.75 Å². The van der Waals surface area contributed by atoms with Crippen LogP contribution in [0.15, 0.2) is 36.5 Å². The van der Waals surface area contributed by atoms with Crippen molar-refractivity contribution in [1.29, 1.82) is 0 Å². The topological polar surface area (TPSA) is 77.3 Å². The average Bonchev–Trinajstić information content (AvgIpc) is 2.48. The number of hydrogen-bond donors (Lipinski definition) is 1. The first kappa shape index (κ1) is 14.9. The molecule has 21 heavy (non-hydrogen) atoms. The second kappa shape index (κ2) is 6.32. The van der Waals surface area contributed by atoms with Crippen molar-refractivity contribution >= 4 is 5.69 Å². The molecule has 0 amide bonds. The Hall–Kier alpha value is -2.47. The molecule has 0 fully saturated rings. The molecule has 2 aromatic rings. The van der Waals surface area contributed by atoms with Crippen molar-refractivity contribution in [3.63, 3.8) is 0 Å². The molecule has 0 saturated carbocycles. The summed E-state index contributed by atoms with van der Waals surface area (Å²) in [6.07, 6.45) is 1.68. The summed E-state index contributed by atoms with van der Waals surface area (Å²) in [4.78, 5) is 14.5. The zero-order valence-corrected chi connectivity index (χ0v) is 12.2. The fourth-order valence-electron chi connectivity index (χ4n) is 1.89. The molecule has 0 aliphatic heterocycles. The molecule has 6 nitrogen and oxygen atoms in total. The van der Waals surface area contributed by atoms with Gasteiger partial charge in [0.2, 0.25) is 5.88 Å². The standard InChI is InChI=1S/C15H17N3O3/c1-10-8-13(18(19)20)4-5-14(10)21-15-9-12(6-7-17-15)11(2)16-3/h4-9,11,16H,1-3H3. The van der Waals surface area contributed by atoms with E-state index in [1.165, 1.54) is 12.1 Å². The van der Waals surface area contributed by atoms with Gasteiger partial charge in [-0.05, 0) is 44.2 Å². The van der Waals surface area contributed by atoms with Gasteiger partial charge < -0.3 is 10.1 Å². The minimum absolute atomic E-state index is 0.0466. The first-order chi connectivity index (χ1) is 10.0. The smallest absolute Gasteiger partial charge is 0.269 e. The number of nitro groups is 1. The molecule has 1 atom stereocenters. The molecule has 1 heterocycles. The normalized spacial score (nSPS) is 12.0. The molecule has 1 aromatic heterocycles. The Kier molecular flexibility index (Phi) is 4.49. The molecule has 110 valence electrons. The molecule has 6 heteroatoms. The first-order valence-corrected chi connectivity index (χ1v) is 6.57. The minimum Gasteiger partial charge on any atom is -0.439 e. The van der Waals surface area contributed by atoms with Crippen LogP contribution in [-0.4, -0.2) is 17.0 Å². The summed E-state index contributed by atoms with van der Waals surface area (Å²) in [6.45, 7) is 3.80. The quantitative estimate of drug-likeness (QED) is 0.674. The number of ether oxygens (including phenoxy) is 1. The molecular formula is C15H17N3O3. The van der Waals surface area contributed by atoms with Gasteiger partial charge in [0.05, 0.1) is 4.92 Å². The second-order valence-electron chi connectivity index (χ2n) is 4.75. The van der Waals surface area contributed by atoms with Crippen LogP contribution in [-0.2, 0) is 0 Å². The van der Waals surface area contributed by atoms with E-state index in [4.69, 9.17) is 4.74 Å². The van der Waals surface area contributed by atoms with Crippen LogP contribution in [0.4, 0.5) is 5.69 Å². The van der Waals surface area contributed by atoms with E-state index in [9.17, 15) is 10.1 Å². The third-order valence-corrected chi connectivity index (χ3v) is 3.28. The summed E-state index contributed by atoms with van der Waals surface area (Å²) >= 11 is 0. The van der Waals surface area contributed by atoms with Crippen LogP contribution >= 0.6 is 0 Å². The lowest BCUT2D eigenvalue weighted by atomic mass is 10.1. The van der Waals surface area contributed by atoms with Crippen LogP contribution in [0, 0.1) is 17.0 Å². The van der Waals surface area contributed by atoms with Gasteiger partial charge in [-0.15, -0.1) is 0 Å². The molecule has 0 aliphatic rings. The largest absolute Gasteiger partial charge is 0.439 e. The van der Waals surface area contributed by atoms with E-state index in [1.807, 2.05) is 26.1 Å². The number of pyridine rings is 1. The number of nitrogens with one attached hydrogen (secondary N) is 1. The predicted molar refractivity (Wildman–Crippen MR) is 79.6 cm³/mol. The number of aromatic nitrogens is 1. The van der Waals surface area contributed by atoms with Crippen molar-refractivity contribution in [2.75, 3.05) is 7.05 Å². The highest BCUT2D eigenvalue weighted by atomic mass is 16.6. The van der Waals surface area contributed by atoms with Gasteiger partial charge in [0, 0.05) is 30.4 Å². The van der Waals surface area contributed by atoms with Crippen molar-refractivity contribution < 1.29 is 9.66 Å². The summed E-state index contributed by atoms with van der Waals surface area (Å²) < 4.78 is 5.72. The van der Waals surface area contributed by atoms with E-state index in [1.54, 1.807) is 19.2 Å². The van der Waals surface area contributed by atoms with Gasteiger partial charge in [-0.1, -0.05) is 0 Å². The SMILES string of the molecule is CNC(C)c1ccnc(Oc2ccc([N+](=O)[O-])cc2C)c1. The Morgan fingerprint density at radius 1 is 1.33 bits per heavy atom. The Labute approximate surface area is 122 Å². The van der Waals surface area contributed by atoms with E-state index >= 15 is 0 Å². The first-order valence-electron chi connectivity index (χ1n) is 6.57. The Bertz CT molecular complexity index is 658. The van der Waals surface area contributed by atoms with Crippen LogP contribution in [0.1, 0.15) is 24.1 Å². The molecule has 0 saturated heterocycles. The maximum atomic E-state index is 10.7. The zero-order chi connectivity index (χ0) is 15.4. The average molecular weight is 287 g/mol. The molecule has 0 spiro atoms. The molecule has 0 aliphatic carbocycles. The molecule has 0 radical (unpaired) electrons. The van der Waals surface area contributed by atoms with E-state index < -0.39 is 4.92 Å². The number of aryl methyl sites for hydroxylation is 1. The van der Waals surface area contributed by atoms with Crippen molar-refractivity contribution in [1.82, 2.24) is 10.3 Å². The van der Waals surface area contributed by atoms with Crippen LogP contribution in [0.5, 0.6) is 11.6 Å². The van der Waals surface area contributed by atoms with E-state index in [0.29, 0.717) is 17.2 Å². The summed E-state index contributed by atoms with van der Waals surface area (Å²) in [5, 5.41) is 13.9.